The molecule has 0 aliphatic rings. The van der Waals surface area contributed by atoms with Gasteiger partial charge in [0.25, 0.3) is 0 Å². The van der Waals surface area contributed by atoms with Crippen LogP contribution in [-0.4, -0.2) is 39.5 Å². The van der Waals surface area contributed by atoms with Crippen LogP contribution in [0.5, 0.6) is 17.2 Å². The predicted molar refractivity (Wildman–Crippen MR) is 121 cm³/mol. The number of benzene rings is 2. The van der Waals surface area contributed by atoms with Crippen LogP contribution < -0.4 is 24.8 Å². The second-order valence-corrected chi connectivity index (χ2v) is 5.90. The zero-order valence-electron chi connectivity index (χ0n) is 16.9. The molecule has 0 aliphatic heterocycles. The molecule has 2 N–H and O–H groups in total. The largest absolute Gasteiger partial charge is 0.493 e. The lowest BCUT2D eigenvalue weighted by molar-refractivity contribution is -0.153. The third kappa shape index (κ3) is 8.56. The lowest BCUT2D eigenvalue weighted by atomic mass is 10.2. The van der Waals surface area contributed by atoms with Crippen molar-refractivity contribution in [2.24, 2.45) is 4.99 Å². The van der Waals surface area contributed by atoms with Gasteiger partial charge in [-0.1, -0.05) is 12.1 Å². The van der Waals surface area contributed by atoms with E-state index < -0.39 is 12.8 Å². The summed E-state index contributed by atoms with van der Waals surface area (Å²) in [6, 6.07) is 11.8. The molecule has 0 amide bonds. The van der Waals surface area contributed by atoms with Gasteiger partial charge in [0.05, 0.1) is 13.7 Å². The van der Waals surface area contributed by atoms with Crippen LogP contribution in [0, 0.1) is 0 Å². The highest BCUT2D eigenvalue weighted by Gasteiger charge is 2.28. The maximum absolute atomic E-state index is 12.2. The van der Waals surface area contributed by atoms with E-state index in [1.807, 2.05) is 13.0 Å². The zero-order valence-corrected chi connectivity index (χ0v) is 19.2. The standard InChI is InChI=1S/C20H24F3N3O3.HI/c1-4-28-17-10-7-15(11-18(17)27-3)26-19(24-2)25-12-14-5-8-16(9-6-14)29-13-20(21,22)23;/h5-11H,4,12-13H2,1-3H3,(H2,24,25,26);1H. The number of methoxy groups -OCH3 is 1. The molecule has 0 unspecified atom stereocenters. The first-order valence-corrected chi connectivity index (χ1v) is 8.91. The van der Waals surface area contributed by atoms with Crippen LogP contribution in [0.25, 0.3) is 0 Å². The lowest BCUT2D eigenvalue weighted by Crippen LogP contribution is -2.30. The molecule has 0 bridgehead atoms. The fraction of sp³-hybridized carbons (Fsp3) is 0.350. The second kappa shape index (κ2) is 12.4. The number of hydrogen-bond donors (Lipinski definition) is 2. The average Bonchev–Trinajstić information content (AvgIpc) is 2.70. The fourth-order valence-corrected chi connectivity index (χ4v) is 2.39. The SMILES string of the molecule is CCOc1ccc(NC(=NC)NCc2ccc(OCC(F)(F)F)cc2)cc1OC.I. The van der Waals surface area contributed by atoms with Gasteiger partial charge in [-0.05, 0) is 36.8 Å². The molecule has 2 rings (SSSR count). The van der Waals surface area contributed by atoms with E-state index in [-0.39, 0.29) is 29.7 Å². The van der Waals surface area contributed by atoms with E-state index in [2.05, 4.69) is 15.6 Å². The Morgan fingerprint density at radius 3 is 2.30 bits per heavy atom. The molecule has 2 aromatic rings. The monoisotopic (exact) mass is 539 g/mol. The molecule has 0 spiro atoms. The molecule has 10 heteroatoms. The first-order valence-electron chi connectivity index (χ1n) is 8.91. The maximum Gasteiger partial charge on any atom is 0.422 e. The first kappa shape index (κ1) is 25.7. The van der Waals surface area contributed by atoms with Crippen molar-refractivity contribution in [1.82, 2.24) is 5.32 Å². The summed E-state index contributed by atoms with van der Waals surface area (Å²) in [6.07, 6.45) is -4.36. The Kier molecular flexibility index (Phi) is 10.6. The van der Waals surface area contributed by atoms with Gasteiger partial charge < -0.3 is 24.8 Å². The van der Waals surface area contributed by atoms with Gasteiger partial charge in [-0.25, -0.2) is 0 Å². The molecular weight excluding hydrogens is 514 g/mol. The normalized spacial score (nSPS) is 11.3. The third-order valence-corrected chi connectivity index (χ3v) is 3.74. The molecule has 166 valence electrons. The minimum Gasteiger partial charge on any atom is -0.493 e. The molecule has 0 saturated heterocycles. The van der Waals surface area contributed by atoms with Crippen LogP contribution in [-0.2, 0) is 6.54 Å². The zero-order chi connectivity index (χ0) is 21.3. The second-order valence-electron chi connectivity index (χ2n) is 5.90. The summed E-state index contributed by atoms with van der Waals surface area (Å²) in [5, 5.41) is 6.28. The van der Waals surface area contributed by atoms with Gasteiger partial charge in [-0.15, -0.1) is 24.0 Å². The van der Waals surface area contributed by atoms with Crippen molar-refractivity contribution >= 4 is 35.6 Å². The van der Waals surface area contributed by atoms with Crippen molar-refractivity contribution in [2.75, 3.05) is 32.7 Å². The summed E-state index contributed by atoms with van der Waals surface area (Å²) in [7, 11) is 3.20. The van der Waals surface area contributed by atoms with Crippen LogP contribution in [0.1, 0.15) is 12.5 Å². The molecule has 0 fully saturated rings. The van der Waals surface area contributed by atoms with Gasteiger partial charge in [-0.2, -0.15) is 13.2 Å². The maximum atomic E-state index is 12.2. The Balaban J connectivity index is 0.00000450. The van der Waals surface area contributed by atoms with E-state index in [9.17, 15) is 13.2 Å². The quantitative estimate of drug-likeness (QED) is 0.286. The highest BCUT2D eigenvalue weighted by Crippen LogP contribution is 2.30. The van der Waals surface area contributed by atoms with Crippen molar-refractivity contribution in [3.8, 4) is 17.2 Å². The van der Waals surface area contributed by atoms with E-state index in [1.54, 1.807) is 38.4 Å². The van der Waals surface area contributed by atoms with E-state index in [4.69, 9.17) is 14.2 Å². The van der Waals surface area contributed by atoms with E-state index in [0.29, 0.717) is 30.6 Å². The minimum absolute atomic E-state index is 0. The Morgan fingerprint density at radius 2 is 1.73 bits per heavy atom. The van der Waals surface area contributed by atoms with Gasteiger partial charge in [0, 0.05) is 25.3 Å². The van der Waals surface area contributed by atoms with Gasteiger partial charge in [0.1, 0.15) is 5.75 Å². The molecule has 0 atom stereocenters. The van der Waals surface area contributed by atoms with Gasteiger partial charge in [0.15, 0.2) is 24.1 Å². The van der Waals surface area contributed by atoms with Gasteiger partial charge in [0.2, 0.25) is 0 Å². The van der Waals surface area contributed by atoms with Crippen LogP contribution >= 0.6 is 24.0 Å². The first-order chi connectivity index (χ1) is 13.8. The molecule has 0 heterocycles. The van der Waals surface area contributed by atoms with E-state index >= 15 is 0 Å². The highest BCUT2D eigenvalue weighted by atomic mass is 127. The van der Waals surface area contributed by atoms with Crippen molar-refractivity contribution in [2.45, 2.75) is 19.6 Å². The van der Waals surface area contributed by atoms with Crippen molar-refractivity contribution in [3.05, 3.63) is 48.0 Å². The number of alkyl halides is 3. The summed E-state index contributed by atoms with van der Waals surface area (Å²) in [5.41, 5.74) is 1.62. The van der Waals surface area contributed by atoms with Crippen molar-refractivity contribution < 1.29 is 27.4 Å². The molecule has 0 aromatic heterocycles. The number of nitrogens with one attached hydrogen (secondary N) is 2. The number of guanidine groups is 1. The minimum atomic E-state index is -4.36. The number of ether oxygens (including phenoxy) is 3. The summed E-state index contributed by atoms with van der Waals surface area (Å²) in [5.74, 6) is 1.93. The summed E-state index contributed by atoms with van der Waals surface area (Å²) in [4.78, 5) is 4.16. The van der Waals surface area contributed by atoms with Crippen molar-refractivity contribution in [1.29, 1.82) is 0 Å². The Bertz CT molecular complexity index is 815. The average molecular weight is 539 g/mol. The van der Waals surface area contributed by atoms with E-state index in [0.717, 1.165) is 11.3 Å². The number of halogens is 4. The Labute approximate surface area is 190 Å². The summed E-state index contributed by atoms with van der Waals surface area (Å²) in [6.45, 7) is 1.54. The number of nitrogens with zero attached hydrogens (tertiary/aromatic N) is 1. The number of hydrogen-bond acceptors (Lipinski definition) is 4. The molecule has 0 radical (unpaired) electrons. The number of aliphatic imine (C=N–C) groups is 1. The van der Waals surface area contributed by atoms with Gasteiger partial charge >= 0.3 is 6.18 Å². The summed E-state index contributed by atoms with van der Waals surface area (Å²) < 4.78 is 52.1. The lowest BCUT2D eigenvalue weighted by Gasteiger charge is -2.15. The van der Waals surface area contributed by atoms with Crippen LogP contribution in [0.4, 0.5) is 18.9 Å². The van der Waals surface area contributed by atoms with Crippen molar-refractivity contribution in [3.63, 3.8) is 0 Å². The Hall–Kier alpha value is -2.37. The molecule has 0 aliphatic carbocycles. The number of anilines is 1. The molecular formula is C20H25F3IN3O3. The predicted octanol–water partition coefficient (Wildman–Crippen LogP) is 4.84. The van der Waals surface area contributed by atoms with E-state index in [1.165, 1.54) is 12.1 Å². The van der Waals surface area contributed by atoms with Crippen LogP contribution in [0.3, 0.4) is 0 Å². The molecule has 0 saturated carbocycles. The smallest absolute Gasteiger partial charge is 0.422 e. The number of rotatable bonds is 8. The van der Waals surface area contributed by atoms with Crippen LogP contribution in [0.2, 0.25) is 0 Å². The fourth-order valence-electron chi connectivity index (χ4n) is 2.39. The molecule has 30 heavy (non-hydrogen) atoms. The molecule has 2 aromatic carbocycles. The highest BCUT2D eigenvalue weighted by molar-refractivity contribution is 14.0. The van der Waals surface area contributed by atoms with Gasteiger partial charge in [-0.3, -0.25) is 4.99 Å². The van der Waals surface area contributed by atoms with Crippen LogP contribution in [0.15, 0.2) is 47.5 Å². The summed E-state index contributed by atoms with van der Waals surface area (Å²) >= 11 is 0. The topological polar surface area (TPSA) is 64.1 Å². The Morgan fingerprint density at radius 1 is 1.03 bits per heavy atom. The molecule has 6 nitrogen and oxygen atoms in total. The third-order valence-electron chi connectivity index (χ3n) is 3.74.